The lowest BCUT2D eigenvalue weighted by Crippen LogP contribution is -2.37. The molecule has 1 aliphatic heterocycles. The van der Waals surface area contributed by atoms with Crippen LogP contribution in [0.15, 0.2) is 0 Å². The maximum atomic E-state index is 11.3. The lowest BCUT2D eigenvalue weighted by Gasteiger charge is -2.24. The summed E-state index contributed by atoms with van der Waals surface area (Å²) >= 11 is 0. The van der Waals surface area contributed by atoms with Gasteiger partial charge in [-0.15, -0.1) is 5.10 Å². The molecule has 0 aliphatic carbocycles. The van der Waals surface area contributed by atoms with Crippen LogP contribution in [0, 0.1) is 0 Å². The predicted molar refractivity (Wildman–Crippen MR) is 61.1 cm³/mol. The molecule has 1 aromatic rings. The highest BCUT2D eigenvalue weighted by Crippen LogP contribution is 2.13. The molecule has 0 atom stereocenters. The van der Waals surface area contributed by atoms with Crippen LogP contribution in [-0.2, 0) is 11.3 Å². The van der Waals surface area contributed by atoms with Gasteiger partial charge in [-0.3, -0.25) is 10.2 Å². The molecule has 0 bridgehead atoms. The second-order valence-corrected chi connectivity index (χ2v) is 3.97. The quantitative estimate of drug-likeness (QED) is 0.649. The van der Waals surface area contributed by atoms with Gasteiger partial charge in [0.15, 0.2) is 0 Å². The first kappa shape index (κ1) is 11.8. The van der Waals surface area contributed by atoms with E-state index in [4.69, 9.17) is 0 Å². The number of tetrazole rings is 1. The number of hydrogen-bond donors (Lipinski definition) is 2. The Morgan fingerprint density at radius 3 is 2.82 bits per heavy atom. The van der Waals surface area contributed by atoms with Crippen molar-refractivity contribution >= 4 is 11.9 Å². The SMILES string of the molecule is CNNC(=O)Cn1nnc(N2CCCCC2)n1. The lowest BCUT2D eigenvalue weighted by molar-refractivity contribution is -0.122. The van der Waals surface area contributed by atoms with Crippen LogP contribution < -0.4 is 15.8 Å². The molecule has 1 amide bonds. The number of amides is 1. The van der Waals surface area contributed by atoms with Crippen LogP contribution in [0.1, 0.15) is 19.3 Å². The Labute approximate surface area is 99.3 Å². The number of hydrazine groups is 1. The van der Waals surface area contributed by atoms with Crippen molar-refractivity contribution in [2.75, 3.05) is 25.0 Å². The number of anilines is 1. The third kappa shape index (κ3) is 3.13. The number of piperidine rings is 1. The van der Waals surface area contributed by atoms with Gasteiger partial charge in [0.25, 0.3) is 11.9 Å². The van der Waals surface area contributed by atoms with Gasteiger partial charge in [-0.1, -0.05) is 5.10 Å². The molecule has 2 N–H and O–H groups in total. The number of nitrogens with one attached hydrogen (secondary N) is 2. The van der Waals surface area contributed by atoms with Crippen LogP contribution in [0.2, 0.25) is 0 Å². The summed E-state index contributed by atoms with van der Waals surface area (Å²) in [5.74, 6) is 0.414. The van der Waals surface area contributed by atoms with E-state index >= 15 is 0 Å². The standard InChI is InChI=1S/C9H17N7O/c1-10-11-8(17)7-16-13-9(12-14-16)15-5-3-2-4-6-15/h10H,2-7H2,1H3,(H,11,17). The van der Waals surface area contributed by atoms with Gasteiger partial charge in [-0.05, 0) is 24.5 Å². The Bertz CT molecular complexity index is 371. The highest BCUT2D eigenvalue weighted by Gasteiger charge is 2.16. The van der Waals surface area contributed by atoms with E-state index in [1.807, 2.05) is 0 Å². The highest BCUT2D eigenvalue weighted by molar-refractivity contribution is 5.74. The van der Waals surface area contributed by atoms with Crippen molar-refractivity contribution < 1.29 is 4.79 Å². The zero-order chi connectivity index (χ0) is 12.1. The molecule has 1 aromatic heterocycles. The molecule has 0 aromatic carbocycles. The maximum absolute atomic E-state index is 11.3. The van der Waals surface area contributed by atoms with E-state index in [0.29, 0.717) is 5.95 Å². The molecule has 8 heteroatoms. The number of carbonyl (C=O) groups is 1. The van der Waals surface area contributed by atoms with E-state index in [0.717, 1.165) is 25.9 Å². The number of rotatable bonds is 4. The van der Waals surface area contributed by atoms with E-state index < -0.39 is 0 Å². The van der Waals surface area contributed by atoms with E-state index in [1.54, 1.807) is 7.05 Å². The Hall–Kier alpha value is -1.70. The third-order valence-electron chi connectivity index (χ3n) is 2.63. The Morgan fingerprint density at radius 2 is 2.12 bits per heavy atom. The summed E-state index contributed by atoms with van der Waals surface area (Å²) in [5.41, 5.74) is 5.01. The van der Waals surface area contributed by atoms with Gasteiger partial charge in [-0.25, -0.2) is 5.43 Å². The molecule has 0 radical (unpaired) electrons. The smallest absolute Gasteiger partial charge is 0.266 e. The molecule has 1 aliphatic rings. The fourth-order valence-corrected chi connectivity index (χ4v) is 1.83. The normalized spacial score (nSPS) is 15.9. The Kier molecular flexibility index (Phi) is 3.86. The van der Waals surface area contributed by atoms with Crippen molar-refractivity contribution in [2.45, 2.75) is 25.8 Å². The first-order valence-electron chi connectivity index (χ1n) is 5.78. The second kappa shape index (κ2) is 5.58. The van der Waals surface area contributed by atoms with Crippen LogP contribution in [0.4, 0.5) is 5.95 Å². The number of nitrogens with zero attached hydrogens (tertiary/aromatic N) is 5. The van der Waals surface area contributed by atoms with E-state index in [-0.39, 0.29) is 12.5 Å². The van der Waals surface area contributed by atoms with Crippen LogP contribution in [0.3, 0.4) is 0 Å². The highest BCUT2D eigenvalue weighted by atomic mass is 16.2. The fraction of sp³-hybridized carbons (Fsp3) is 0.778. The van der Waals surface area contributed by atoms with E-state index in [9.17, 15) is 4.79 Å². The second-order valence-electron chi connectivity index (χ2n) is 3.97. The molecule has 0 unspecified atom stereocenters. The molecular formula is C9H17N7O. The summed E-state index contributed by atoms with van der Waals surface area (Å²) in [6.07, 6.45) is 3.58. The minimum atomic E-state index is -0.199. The van der Waals surface area contributed by atoms with E-state index in [2.05, 4.69) is 31.2 Å². The Morgan fingerprint density at radius 1 is 1.35 bits per heavy atom. The fourth-order valence-electron chi connectivity index (χ4n) is 1.83. The third-order valence-corrected chi connectivity index (χ3v) is 2.63. The van der Waals surface area contributed by atoms with Crippen molar-refractivity contribution in [1.29, 1.82) is 0 Å². The molecule has 1 fully saturated rings. The molecule has 0 spiro atoms. The van der Waals surface area contributed by atoms with Gasteiger partial charge in [-0.2, -0.15) is 4.80 Å². The zero-order valence-electron chi connectivity index (χ0n) is 9.89. The van der Waals surface area contributed by atoms with Crippen molar-refractivity contribution in [2.24, 2.45) is 0 Å². The number of hydrogen-bond acceptors (Lipinski definition) is 6. The van der Waals surface area contributed by atoms with Gasteiger partial charge < -0.3 is 4.90 Å². The summed E-state index contributed by atoms with van der Waals surface area (Å²) in [6.45, 7) is 2.00. The van der Waals surface area contributed by atoms with Crippen LogP contribution in [0.5, 0.6) is 0 Å². The van der Waals surface area contributed by atoms with Gasteiger partial charge in [0.1, 0.15) is 6.54 Å². The van der Waals surface area contributed by atoms with Crippen LogP contribution in [-0.4, -0.2) is 46.3 Å². The minimum Gasteiger partial charge on any atom is -0.338 e. The Balaban J connectivity index is 1.93. The average Bonchev–Trinajstić information content (AvgIpc) is 2.79. The topological polar surface area (TPSA) is 88.0 Å². The van der Waals surface area contributed by atoms with Crippen molar-refractivity contribution in [3.8, 4) is 0 Å². The van der Waals surface area contributed by atoms with Crippen LogP contribution in [0.25, 0.3) is 0 Å². The molecule has 0 saturated carbocycles. The molecule has 17 heavy (non-hydrogen) atoms. The first-order valence-corrected chi connectivity index (χ1v) is 5.78. The largest absolute Gasteiger partial charge is 0.338 e. The number of aromatic nitrogens is 4. The van der Waals surface area contributed by atoms with Crippen molar-refractivity contribution in [3.05, 3.63) is 0 Å². The summed E-state index contributed by atoms with van der Waals surface area (Å²) in [7, 11) is 1.63. The molecular weight excluding hydrogens is 222 g/mol. The van der Waals surface area contributed by atoms with Crippen molar-refractivity contribution in [1.82, 2.24) is 31.1 Å². The average molecular weight is 239 g/mol. The summed E-state index contributed by atoms with van der Waals surface area (Å²) in [4.78, 5) is 14.7. The molecule has 2 heterocycles. The molecule has 94 valence electrons. The van der Waals surface area contributed by atoms with Gasteiger partial charge >= 0.3 is 0 Å². The maximum Gasteiger partial charge on any atom is 0.266 e. The first-order chi connectivity index (χ1) is 8.29. The molecule has 1 saturated heterocycles. The van der Waals surface area contributed by atoms with Gasteiger partial charge in [0.05, 0.1) is 0 Å². The monoisotopic (exact) mass is 239 g/mol. The molecule has 8 nitrogen and oxygen atoms in total. The number of carbonyl (C=O) groups excluding carboxylic acids is 1. The van der Waals surface area contributed by atoms with E-state index in [1.165, 1.54) is 11.2 Å². The minimum absolute atomic E-state index is 0.0711. The van der Waals surface area contributed by atoms with Gasteiger partial charge in [0, 0.05) is 20.1 Å². The van der Waals surface area contributed by atoms with Gasteiger partial charge in [0.2, 0.25) is 0 Å². The molecule has 2 rings (SSSR count). The predicted octanol–water partition coefficient (Wildman–Crippen LogP) is -1.09. The van der Waals surface area contributed by atoms with Crippen molar-refractivity contribution in [3.63, 3.8) is 0 Å². The summed E-state index contributed by atoms with van der Waals surface area (Å²) in [6, 6.07) is 0. The zero-order valence-corrected chi connectivity index (χ0v) is 9.89. The summed E-state index contributed by atoms with van der Waals surface area (Å²) < 4.78 is 0. The van der Waals surface area contributed by atoms with Crippen LogP contribution >= 0.6 is 0 Å². The summed E-state index contributed by atoms with van der Waals surface area (Å²) in [5, 5.41) is 12.0. The lowest BCUT2D eigenvalue weighted by atomic mass is 10.1.